The Bertz CT molecular complexity index is 306. The zero-order chi connectivity index (χ0) is 9.19. The Hall–Kier alpha value is -0.390. The molecule has 1 heterocycles. The van der Waals surface area contributed by atoms with E-state index in [0.29, 0.717) is 4.67 Å². The molecular formula is C5H10Cl2N3O3P. The third kappa shape index (κ3) is 4.21. The van der Waals surface area contributed by atoms with Crippen molar-refractivity contribution in [3.63, 3.8) is 0 Å². The minimum atomic E-state index is -4.27. The Morgan fingerprint density at radius 3 is 2.07 bits per heavy atom. The predicted molar refractivity (Wildman–Crippen MR) is 57.0 cm³/mol. The molecule has 2 N–H and O–H groups in total. The van der Waals surface area contributed by atoms with Gasteiger partial charge in [0.1, 0.15) is 0 Å². The summed E-state index contributed by atoms with van der Waals surface area (Å²) in [5.41, 5.74) is 0. The van der Waals surface area contributed by atoms with E-state index in [-0.39, 0.29) is 30.8 Å². The van der Waals surface area contributed by atoms with Crippen LogP contribution in [0.5, 0.6) is 0 Å². The first-order chi connectivity index (χ1) is 5.52. The molecule has 9 heteroatoms. The van der Waals surface area contributed by atoms with Crippen LogP contribution in [-0.2, 0) is 4.57 Å². The highest BCUT2D eigenvalue weighted by Gasteiger charge is 2.22. The molecule has 0 saturated carbocycles. The van der Waals surface area contributed by atoms with Crippen LogP contribution in [0.25, 0.3) is 0 Å². The first kappa shape index (κ1) is 16.1. The standard InChI is InChI=1S/C5H8N3O3P.2ClH/c1-8(12(9,10)11)5-6-3-2-4-7-5;;/h2-4H,1H3,(H2,9,10,11);2*1H. The molecule has 6 nitrogen and oxygen atoms in total. The fourth-order valence-electron chi connectivity index (χ4n) is 0.575. The molecule has 0 spiro atoms. The van der Waals surface area contributed by atoms with Crippen molar-refractivity contribution in [2.45, 2.75) is 0 Å². The van der Waals surface area contributed by atoms with Crippen LogP contribution in [0.2, 0.25) is 0 Å². The zero-order valence-electron chi connectivity index (χ0n) is 7.14. The predicted octanol–water partition coefficient (Wildman–Crippen LogP) is 0.849. The van der Waals surface area contributed by atoms with Crippen LogP contribution in [0.1, 0.15) is 0 Å². The van der Waals surface area contributed by atoms with Gasteiger partial charge in [-0.3, -0.25) is 4.67 Å². The molecular weight excluding hydrogens is 252 g/mol. The van der Waals surface area contributed by atoms with Crippen molar-refractivity contribution in [2.24, 2.45) is 0 Å². The molecule has 0 amide bonds. The fraction of sp³-hybridized carbons (Fsp3) is 0.200. The van der Waals surface area contributed by atoms with E-state index in [9.17, 15) is 4.57 Å². The molecule has 0 aromatic carbocycles. The van der Waals surface area contributed by atoms with E-state index in [1.165, 1.54) is 19.4 Å². The number of nitrogens with zero attached hydrogens (tertiary/aromatic N) is 3. The first-order valence-electron chi connectivity index (χ1n) is 3.08. The van der Waals surface area contributed by atoms with E-state index in [0.717, 1.165) is 0 Å². The Balaban J connectivity index is 0. The Morgan fingerprint density at radius 2 is 1.71 bits per heavy atom. The molecule has 0 atom stereocenters. The lowest BCUT2D eigenvalue weighted by Crippen LogP contribution is -2.15. The third-order valence-electron chi connectivity index (χ3n) is 1.23. The molecule has 82 valence electrons. The van der Waals surface area contributed by atoms with Crippen LogP contribution in [0.15, 0.2) is 18.5 Å². The maximum absolute atomic E-state index is 10.7. The number of hydrogen-bond donors (Lipinski definition) is 2. The van der Waals surface area contributed by atoms with Gasteiger partial charge in [0.25, 0.3) is 0 Å². The molecule has 0 aliphatic carbocycles. The van der Waals surface area contributed by atoms with Gasteiger partial charge in [0.2, 0.25) is 5.95 Å². The lowest BCUT2D eigenvalue weighted by atomic mass is 10.7. The van der Waals surface area contributed by atoms with Crippen molar-refractivity contribution >= 4 is 38.5 Å². The van der Waals surface area contributed by atoms with Crippen LogP contribution in [0, 0.1) is 0 Å². The number of halogens is 2. The monoisotopic (exact) mass is 261 g/mol. The van der Waals surface area contributed by atoms with Gasteiger partial charge in [-0.25, -0.2) is 14.5 Å². The summed E-state index contributed by atoms with van der Waals surface area (Å²) in [5.74, 6) is 0.00540. The first-order valence-corrected chi connectivity index (χ1v) is 4.65. The van der Waals surface area contributed by atoms with Gasteiger partial charge in [0.15, 0.2) is 0 Å². The molecule has 0 aliphatic rings. The van der Waals surface area contributed by atoms with Gasteiger partial charge >= 0.3 is 7.75 Å². The second-order valence-corrected chi connectivity index (χ2v) is 3.71. The average molecular weight is 262 g/mol. The van der Waals surface area contributed by atoms with Crippen LogP contribution in [-0.4, -0.2) is 26.8 Å². The van der Waals surface area contributed by atoms with E-state index in [2.05, 4.69) is 9.97 Å². The van der Waals surface area contributed by atoms with Crippen molar-refractivity contribution in [2.75, 3.05) is 11.7 Å². The number of rotatable bonds is 2. The molecule has 0 saturated heterocycles. The van der Waals surface area contributed by atoms with E-state index >= 15 is 0 Å². The van der Waals surface area contributed by atoms with Crippen LogP contribution in [0.3, 0.4) is 0 Å². The normalized spacial score (nSPS) is 9.64. The highest BCUT2D eigenvalue weighted by molar-refractivity contribution is 7.53. The van der Waals surface area contributed by atoms with Crippen molar-refractivity contribution in [1.29, 1.82) is 0 Å². The largest absolute Gasteiger partial charge is 0.432 e. The van der Waals surface area contributed by atoms with E-state index in [4.69, 9.17) is 9.79 Å². The Labute approximate surface area is 93.4 Å². The average Bonchev–Trinajstić information content (AvgIpc) is 2.03. The Morgan fingerprint density at radius 1 is 1.29 bits per heavy atom. The fourth-order valence-corrected chi connectivity index (χ4v) is 0.911. The smallest absolute Gasteiger partial charge is 0.308 e. The minimum absolute atomic E-state index is 0. The lowest BCUT2D eigenvalue weighted by Gasteiger charge is -2.16. The number of anilines is 1. The summed E-state index contributed by atoms with van der Waals surface area (Å²) in [6.45, 7) is 0. The van der Waals surface area contributed by atoms with Gasteiger partial charge in [0, 0.05) is 19.4 Å². The van der Waals surface area contributed by atoms with Gasteiger partial charge < -0.3 is 9.79 Å². The molecule has 1 aromatic rings. The quantitative estimate of drug-likeness (QED) is 0.768. The molecule has 0 aliphatic heterocycles. The number of aromatic nitrogens is 2. The van der Waals surface area contributed by atoms with Gasteiger partial charge in [-0.1, -0.05) is 0 Å². The van der Waals surface area contributed by atoms with E-state index in [1.807, 2.05) is 0 Å². The molecule has 0 fully saturated rings. The lowest BCUT2D eigenvalue weighted by molar-refractivity contribution is 0.370. The van der Waals surface area contributed by atoms with Gasteiger partial charge in [0.05, 0.1) is 0 Å². The summed E-state index contributed by atoms with van der Waals surface area (Å²) in [6, 6.07) is 1.57. The summed E-state index contributed by atoms with van der Waals surface area (Å²) in [7, 11) is -3.04. The van der Waals surface area contributed by atoms with Crippen LogP contribution in [0.4, 0.5) is 5.95 Å². The summed E-state index contributed by atoms with van der Waals surface area (Å²) in [5, 5.41) is 0. The van der Waals surface area contributed by atoms with E-state index in [1.54, 1.807) is 6.07 Å². The topological polar surface area (TPSA) is 86.6 Å². The minimum Gasteiger partial charge on any atom is -0.308 e. The van der Waals surface area contributed by atoms with Crippen LogP contribution < -0.4 is 4.67 Å². The van der Waals surface area contributed by atoms with Gasteiger partial charge in [-0.15, -0.1) is 24.8 Å². The van der Waals surface area contributed by atoms with Crippen molar-refractivity contribution in [1.82, 2.24) is 9.97 Å². The van der Waals surface area contributed by atoms with Crippen molar-refractivity contribution in [3.8, 4) is 0 Å². The number of hydrogen-bond acceptors (Lipinski definition) is 3. The SMILES string of the molecule is CN(c1ncccn1)P(=O)(O)O.Cl.Cl. The van der Waals surface area contributed by atoms with Crippen LogP contribution >= 0.6 is 32.6 Å². The molecule has 0 unspecified atom stereocenters. The molecule has 1 rings (SSSR count). The highest BCUT2D eigenvalue weighted by Crippen LogP contribution is 2.40. The third-order valence-corrected chi connectivity index (χ3v) is 2.19. The van der Waals surface area contributed by atoms with E-state index < -0.39 is 7.75 Å². The van der Waals surface area contributed by atoms with Gasteiger partial charge in [-0.2, -0.15) is 0 Å². The van der Waals surface area contributed by atoms with Crippen molar-refractivity contribution < 1.29 is 14.4 Å². The van der Waals surface area contributed by atoms with Gasteiger partial charge in [-0.05, 0) is 6.07 Å². The highest BCUT2D eigenvalue weighted by atomic mass is 35.5. The second-order valence-electron chi connectivity index (χ2n) is 2.09. The zero-order valence-corrected chi connectivity index (χ0v) is 9.67. The summed E-state index contributed by atoms with van der Waals surface area (Å²) in [4.78, 5) is 24.7. The maximum atomic E-state index is 10.7. The summed E-state index contributed by atoms with van der Waals surface area (Å²) in [6.07, 6.45) is 2.82. The summed E-state index contributed by atoms with van der Waals surface area (Å²) < 4.78 is 11.4. The second kappa shape index (κ2) is 6.16. The molecule has 14 heavy (non-hydrogen) atoms. The maximum Gasteiger partial charge on any atom is 0.432 e. The Kier molecular flexibility index (Phi) is 7.07. The molecule has 0 bridgehead atoms. The molecule has 0 radical (unpaired) electrons. The van der Waals surface area contributed by atoms with Crippen molar-refractivity contribution in [3.05, 3.63) is 18.5 Å². The molecule has 1 aromatic heterocycles. The summed E-state index contributed by atoms with van der Waals surface area (Å²) >= 11 is 0.